The summed E-state index contributed by atoms with van der Waals surface area (Å²) in [6, 6.07) is 3.51. The van der Waals surface area contributed by atoms with Crippen LogP contribution in [0.25, 0.3) is 5.82 Å². The van der Waals surface area contributed by atoms with Crippen molar-refractivity contribution in [2.75, 3.05) is 6.61 Å². The predicted octanol–water partition coefficient (Wildman–Crippen LogP) is 2.33. The van der Waals surface area contributed by atoms with Gasteiger partial charge >= 0.3 is 0 Å². The van der Waals surface area contributed by atoms with E-state index in [4.69, 9.17) is 0 Å². The van der Waals surface area contributed by atoms with Gasteiger partial charge in [0.05, 0.1) is 0 Å². The summed E-state index contributed by atoms with van der Waals surface area (Å²) < 4.78 is 1.77. The number of carbonyl (C=O) groups excluding carboxylic acids is 1. The third kappa shape index (κ3) is 4.00. The van der Waals surface area contributed by atoms with E-state index in [9.17, 15) is 9.90 Å². The van der Waals surface area contributed by atoms with Crippen LogP contribution < -0.4 is 5.32 Å². The van der Waals surface area contributed by atoms with Crippen LogP contribution in [0.5, 0.6) is 0 Å². The smallest absolute Gasteiger partial charge is 0.251 e. The summed E-state index contributed by atoms with van der Waals surface area (Å²) in [4.78, 5) is 20.9. The first kappa shape index (κ1) is 16.6. The van der Waals surface area contributed by atoms with Gasteiger partial charge in [-0.2, -0.15) is 0 Å². The van der Waals surface area contributed by atoms with Gasteiger partial charge < -0.3 is 10.4 Å². The molecule has 1 atom stereocenters. The fourth-order valence-electron chi connectivity index (χ4n) is 3.45. The first-order valence-electron chi connectivity index (χ1n) is 8.64. The molecule has 1 saturated carbocycles. The Kier molecular flexibility index (Phi) is 5.59. The fourth-order valence-corrected chi connectivity index (χ4v) is 3.45. The zero-order valence-corrected chi connectivity index (χ0v) is 13.8. The van der Waals surface area contributed by atoms with E-state index in [1.54, 1.807) is 41.6 Å². The molecule has 1 fully saturated rings. The third-order valence-electron chi connectivity index (χ3n) is 4.75. The Morgan fingerprint density at radius 1 is 1.33 bits per heavy atom. The van der Waals surface area contributed by atoms with E-state index in [0.29, 0.717) is 23.7 Å². The molecule has 1 unspecified atom stereocenters. The van der Waals surface area contributed by atoms with Gasteiger partial charge in [0.25, 0.3) is 5.91 Å². The van der Waals surface area contributed by atoms with Crippen LogP contribution in [0, 0.1) is 5.92 Å². The second-order valence-electron chi connectivity index (χ2n) is 6.36. The van der Waals surface area contributed by atoms with E-state index < -0.39 is 0 Å². The van der Waals surface area contributed by atoms with Crippen LogP contribution in [0.2, 0.25) is 0 Å². The minimum Gasteiger partial charge on any atom is -0.396 e. The van der Waals surface area contributed by atoms with E-state index in [-0.39, 0.29) is 18.6 Å². The average molecular weight is 328 g/mol. The molecular weight excluding hydrogens is 304 g/mol. The van der Waals surface area contributed by atoms with Crippen molar-refractivity contribution >= 4 is 5.91 Å². The van der Waals surface area contributed by atoms with Crippen molar-refractivity contribution in [3.05, 3.63) is 42.6 Å². The lowest BCUT2D eigenvalue weighted by Crippen LogP contribution is -2.41. The lowest BCUT2D eigenvalue weighted by molar-refractivity contribution is 0.0899. The molecule has 0 aromatic carbocycles. The number of imidazole rings is 1. The molecule has 0 saturated heterocycles. The molecule has 0 bridgehead atoms. The highest BCUT2D eigenvalue weighted by Crippen LogP contribution is 2.28. The molecule has 1 aliphatic carbocycles. The van der Waals surface area contributed by atoms with Crippen LogP contribution >= 0.6 is 0 Å². The maximum absolute atomic E-state index is 12.6. The van der Waals surface area contributed by atoms with Gasteiger partial charge in [-0.1, -0.05) is 19.3 Å². The second kappa shape index (κ2) is 8.06. The normalized spacial score (nSPS) is 16.7. The summed E-state index contributed by atoms with van der Waals surface area (Å²) in [6.07, 6.45) is 13.3. The molecular formula is C18H24N4O2. The van der Waals surface area contributed by atoms with Gasteiger partial charge in [-0.3, -0.25) is 9.36 Å². The zero-order valence-electron chi connectivity index (χ0n) is 13.8. The van der Waals surface area contributed by atoms with Crippen molar-refractivity contribution in [3.8, 4) is 5.82 Å². The molecule has 2 aromatic heterocycles. The number of rotatable bonds is 6. The Hall–Kier alpha value is -2.21. The van der Waals surface area contributed by atoms with Gasteiger partial charge in [0.15, 0.2) is 0 Å². The molecule has 1 amide bonds. The highest BCUT2D eigenvalue weighted by molar-refractivity contribution is 5.94. The summed E-state index contributed by atoms with van der Waals surface area (Å²) >= 11 is 0. The number of hydrogen-bond acceptors (Lipinski definition) is 4. The molecule has 3 rings (SSSR count). The van der Waals surface area contributed by atoms with E-state index >= 15 is 0 Å². The van der Waals surface area contributed by atoms with Gasteiger partial charge in [0, 0.05) is 36.8 Å². The molecule has 2 heterocycles. The van der Waals surface area contributed by atoms with E-state index in [1.165, 1.54) is 19.3 Å². The summed E-state index contributed by atoms with van der Waals surface area (Å²) in [5.74, 6) is 1.02. The Morgan fingerprint density at radius 2 is 2.17 bits per heavy atom. The molecule has 2 aromatic rings. The molecule has 6 heteroatoms. The van der Waals surface area contributed by atoms with Crippen molar-refractivity contribution in [3.63, 3.8) is 0 Å². The number of aliphatic hydroxyl groups excluding tert-OH is 1. The Balaban J connectivity index is 1.71. The van der Waals surface area contributed by atoms with E-state index in [1.807, 2.05) is 0 Å². The molecule has 0 radical (unpaired) electrons. The van der Waals surface area contributed by atoms with Gasteiger partial charge in [-0.05, 0) is 37.3 Å². The number of pyridine rings is 1. The maximum Gasteiger partial charge on any atom is 0.251 e. The molecule has 1 aliphatic rings. The van der Waals surface area contributed by atoms with Crippen molar-refractivity contribution in [2.24, 2.45) is 5.92 Å². The Labute approximate surface area is 141 Å². The number of nitrogens with zero attached hydrogens (tertiary/aromatic N) is 3. The third-order valence-corrected chi connectivity index (χ3v) is 4.75. The minimum atomic E-state index is -0.109. The zero-order chi connectivity index (χ0) is 16.8. The quantitative estimate of drug-likeness (QED) is 0.853. The largest absolute Gasteiger partial charge is 0.396 e. The maximum atomic E-state index is 12.6. The van der Waals surface area contributed by atoms with Crippen LogP contribution in [0.1, 0.15) is 48.9 Å². The van der Waals surface area contributed by atoms with Crippen LogP contribution in [-0.4, -0.2) is 38.2 Å². The average Bonchev–Trinajstić information content (AvgIpc) is 3.17. The van der Waals surface area contributed by atoms with Crippen molar-refractivity contribution in [1.82, 2.24) is 19.9 Å². The molecule has 24 heavy (non-hydrogen) atoms. The molecule has 0 spiro atoms. The number of nitrogens with one attached hydrogen (secondary N) is 1. The molecule has 2 N–H and O–H groups in total. The number of carbonyl (C=O) groups is 1. The first-order valence-corrected chi connectivity index (χ1v) is 8.64. The van der Waals surface area contributed by atoms with Gasteiger partial charge in [0.2, 0.25) is 0 Å². The van der Waals surface area contributed by atoms with Crippen LogP contribution in [0.3, 0.4) is 0 Å². The van der Waals surface area contributed by atoms with Crippen molar-refractivity contribution < 1.29 is 9.90 Å². The minimum absolute atomic E-state index is 0.0349. The second-order valence-corrected chi connectivity index (χ2v) is 6.36. The summed E-state index contributed by atoms with van der Waals surface area (Å²) in [5.41, 5.74) is 0.576. The fraction of sp³-hybridized carbons (Fsp3) is 0.500. The van der Waals surface area contributed by atoms with Gasteiger partial charge in [-0.25, -0.2) is 9.97 Å². The molecule has 0 aliphatic heterocycles. The predicted molar refractivity (Wildman–Crippen MR) is 90.9 cm³/mol. The topological polar surface area (TPSA) is 80.0 Å². The van der Waals surface area contributed by atoms with Crippen LogP contribution in [-0.2, 0) is 0 Å². The van der Waals surface area contributed by atoms with Crippen LogP contribution in [0.4, 0.5) is 0 Å². The lowest BCUT2D eigenvalue weighted by atomic mass is 9.82. The number of aliphatic hydroxyl groups is 1. The monoisotopic (exact) mass is 328 g/mol. The standard InChI is InChI=1S/C18H24N4O2/c23-11-7-16(14-4-2-1-3-5-14)21-18(24)15-6-8-20-17(12-15)22-10-9-19-13-22/h6,8-10,12-14,16,23H,1-5,7,11H2,(H,21,24). The first-order chi connectivity index (χ1) is 11.8. The summed E-state index contributed by atoms with van der Waals surface area (Å²) in [5, 5.41) is 12.5. The SMILES string of the molecule is O=C(NC(CCO)C1CCCCC1)c1ccnc(-n2ccnc2)c1. The Morgan fingerprint density at radius 3 is 2.88 bits per heavy atom. The molecule has 128 valence electrons. The highest BCUT2D eigenvalue weighted by atomic mass is 16.3. The highest BCUT2D eigenvalue weighted by Gasteiger charge is 2.25. The molecule has 6 nitrogen and oxygen atoms in total. The van der Waals surface area contributed by atoms with Crippen molar-refractivity contribution in [2.45, 2.75) is 44.6 Å². The Bertz CT molecular complexity index is 651. The van der Waals surface area contributed by atoms with Gasteiger partial charge in [0.1, 0.15) is 12.1 Å². The summed E-state index contributed by atoms with van der Waals surface area (Å²) in [7, 11) is 0. The van der Waals surface area contributed by atoms with E-state index in [0.717, 1.165) is 12.8 Å². The lowest BCUT2D eigenvalue weighted by Gasteiger charge is -2.30. The summed E-state index contributed by atoms with van der Waals surface area (Å²) in [6.45, 7) is 0.0953. The number of amides is 1. The van der Waals surface area contributed by atoms with E-state index in [2.05, 4.69) is 15.3 Å². The van der Waals surface area contributed by atoms with Crippen molar-refractivity contribution in [1.29, 1.82) is 0 Å². The number of hydrogen-bond donors (Lipinski definition) is 2. The number of aromatic nitrogens is 3. The van der Waals surface area contributed by atoms with Gasteiger partial charge in [-0.15, -0.1) is 0 Å². The van der Waals surface area contributed by atoms with Crippen LogP contribution in [0.15, 0.2) is 37.1 Å².